The summed E-state index contributed by atoms with van der Waals surface area (Å²) in [6.45, 7) is 2.22. The van der Waals surface area contributed by atoms with Crippen molar-refractivity contribution in [2.75, 3.05) is 41.0 Å². The van der Waals surface area contributed by atoms with Crippen LogP contribution < -0.4 is 19.5 Å². The van der Waals surface area contributed by atoms with E-state index in [-0.39, 0.29) is 11.9 Å². The Hall–Kier alpha value is -2.80. The molecule has 0 bridgehead atoms. The highest BCUT2D eigenvalue weighted by atomic mass is 16.5. The number of carbonyl (C=O) groups is 1. The van der Waals surface area contributed by atoms with Crippen LogP contribution in [0.4, 0.5) is 0 Å². The van der Waals surface area contributed by atoms with E-state index in [1.54, 1.807) is 27.5 Å². The van der Waals surface area contributed by atoms with Gasteiger partial charge in [0.25, 0.3) is 0 Å². The molecule has 3 rings (SSSR count). The maximum atomic E-state index is 13.0. The Morgan fingerprint density at radius 3 is 2.57 bits per heavy atom. The average molecular weight is 385 g/mol. The first kappa shape index (κ1) is 19.9. The third-order valence-electron chi connectivity index (χ3n) is 4.98. The highest BCUT2D eigenvalue weighted by Crippen LogP contribution is 2.38. The normalized spacial score (nSPS) is 16.5. The third kappa shape index (κ3) is 4.36. The van der Waals surface area contributed by atoms with Gasteiger partial charge in [-0.05, 0) is 35.7 Å². The number of ether oxygens (including phenoxy) is 3. The molecule has 28 heavy (non-hydrogen) atoms. The maximum absolute atomic E-state index is 13.0. The molecule has 1 aromatic carbocycles. The van der Waals surface area contributed by atoms with Gasteiger partial charge in [0, 0.05) is 38.4 Å². The van der Waals surface area contributed by atoms with Gasteiger partial charge in [-0.3, -0.25) is 9.78 Å². The van der Waals surface area contributed by atoms with Crippen LogP contribution in [0, 0.1) is 0 Å². The number of rotatable bonds is 7. The zero-order valence-electron chi connectivity index (χ0n) is 16.6. The molecule has 7 nitrogen and oxygen atoms in total. The summed E-state index contributed by atoms with van der Waals surface area (Å²) in [7, 11) is 4.75. The highest BCUT2D eigenvalue weighted by Gasteiger charge is 2.27. The van der Waals surface area contributed by atoms with Gasteiger partial charge < -0.3 is 24.4 Å². The van der Waals surface area contributed by atoms with Crippen molar-refractivity contribution in [2.45, 2.75) is 18.9 Å². The van der Waals surface area contributed by atoms with E-state index >= 15 is 0 Å². The first-order valence-electron chi connectivity index (χ1n) is 9.37. The molecule has 1 aliphatic heterocycles. The SMILES string of the molecule is COc1cc(CCC(=O)N2CCNCC2c2cccnc2)cc(OC)c1OC. The van der Waals surface area contributed by atoms with Crippen molar-refractivity contribution in [1.82, 2.24) is 15.2 Å². The molecule has 1 fully saturated rings. The van der Waals surface area contributed by atoms with Gasteiger partial charge in [0.15, 0.2) is 11.5 Å². The van der Waals surface area contributed by atoms with E-state index in [9.17, 15) is 4.79 Å². The van der Waals surface area contributed by atoms with Crippen LogP contribution in [0.1, 0.15) is 23.6 Å². The second-order valence-electron chi connectivity index (χ2n) is 6.63. The van der Waals surface area contributed by atoms with Crippen LogP contribution in [-0.2, 0) is 11.2 Å². The molecule has 7 heteroatoms. The van der Waals surface area contributed by atoms with Crippen LogP contribution in [0.5, 0.6) is 17.2 Å². The van der Waals surface area contributed by atoms with Crippen molar-refractivity contribution < 1.29 is 19.0 Å². The third-order valence-corrected chi connectivity index (χ3v) is 4.98. The molecule has 1 aromatic heterocycles. The standard InChI is InChI=1S/C21H27N3O4/c1-26-18-11-15(12-19(27-2)21(18)28-3)6-7-20(25)24-10-9-23-14-17(24)16-5-4-8-22-13-16/h4-5,8,11-13,17,23H,6-7,9-10,14H2,1-3H3. The smallest absolute Gasteiger partial charge is 0.223 e. The summed E-state index contributed by atoms with van der Waals surface area (Å²) < 4.78 is 16.2. The fraction of sp³-hybridized carbons (Fsp3) is 0.429. The minimum Gasteiger partial charge on any atom is -0.493 e. The van der Waals surface area contributed by atoms with Gasteiger partial charge in [-0.1, -0.05) is 6.07 Å². The Morgan fingerprint density at radius 1 is 1.21 bits per heavy atom. The average Bonchev–Trinajstić information content (AvgIpc) is 2.77. The lowest BCUT2D eigenvalue weighted by atomic mass is 10.0. The Morgan fingerprint density at radius 2 is 1.96 bits per heavy atom. The van der Waals surface area contributed by atoms with Crippen LogP contribution in [0.3, 0.4) is 0 Å². The van der Waals surface area contributed by atoms with Crippen LogP contribution in [0.2, 0.25) is 0 Å². The minimum absolute atomic E-state index is 0.00916. The van der Waals surface area contributed by atoms with Crippen LogP contribution in [-0.4, -0.2) is 56.8 Å². The summed E-state index contributed by atoms with van der Waals surface area (Å²) in [4.78, 5) is 19.1. The lowest BCUT2D eigenvalue weighted by Gasteiger charge is -2.36. The molecule has 0 aliphatic carbocycles. The van der Waals surface area contributed by atoms with E-state index in [0.717, 1.165) is 24.2 Å². The van der Waals surface area contributed by atoms with Gasteiger partial charge in [0.1, 0.15) is 0 Å². The maximum Gasteiger partial charge on any atom is 0.223 e. The van der Waals surface area contributed by atoms with Crippen molar-refractivity contribution in [3.63, 3.8) is 0 Å². The van der Waals surface area contributed by atoms with Gasteiger partial charge in [0.2, 0.25) is 11.7 Å². The molecule has 1 N–H and O–H groups in total. The summed E-state index contributed by atoms with van der Waals surface area (Å²) in [5.41, 5.74) is 2.02. The van der Waals surface area contributed by atoms with Crippen LogP contribution >= 0.6 is 0 Å². The first-order valence-corrected chi connectivity index (χ1v) is 9.37. The number of hydrogen-bond donors (Lipinski definition) is 1. The molecule has 0 saturated carbocycles. The minimum atomic E-state index is 0.00916. The van der Waals surface area contributed by atoms with Crippen LogP contribution in [0.25, 0.3) is 0 Å². The lowest BCUT2D eigenvalue weighted by molar-refractivity contribution is -0.134. The van der Waals surface area contributed by atoms with Crippen molar-refractivity contribution in [3.05, 3.63) is 47.8 Å². The van der Waals surface area contributed by atoms with Gasteiger partial charge >= 0.3 is 0 Å². The second kappa shape index (κ2) is 9.41. The molecule has 2 heterocycles. The number of amides is 1. The summed E-state index contributed by atoms with van der Waals surface area (Å²) in [6.07, 6.45) is 4.59. The number of nitrogens with zero attached hydrogens (tertiary/aromatic N) is 2. The number of piperazine rings is 1. The molecular weight excluding hydrogens is 358 g/mol. The fourth-order valence-corrected chi connectivity index (χ4v) is 3.55. The molecule has 0 spiro atoms. The number of aryl methyl sites for hydroxylation is 1. The van der Waals surface area contributed by atoms with Crippen molar-refractivity contribution >= 4 is 5.91 Å². The lowest BCUT2D eigenvalue weighted by Crippen LogP contribution is -2.48. The van der Waals surface area contributed by atoms with E-state index < -0.39 is 0 Å². The monoisotopic (exact) mass is 385 g/mol. The topological polar surface area (TPSA) is 72.9 Å². The number of pyridine rings is 1. The highest BCUT2D eigenvalue weighted by molar-refractivity contribution is 5.77. The first-order chi connectivity index (χ1) is 13.7. The predicted molar refractivity (Wildman–Crippen MR) is 106 cm³/mol. The van der Waals surface area contributed by atoms with E-state index in [4.69, 9.17) is 14.2 Å². The second-order valence-corrected chi connectivity index (χ2v) is 6.63. The summed E-state index contributed by atoms with van der Waals surface area (Å²) >= 11 is 0. The largest absolute Gasteiger partial charge is 0.493 e. The summed E-state index contributed by atoms with van der Waals surface area (Å²) in [5, 5.41) is 3.37. The van der Waals surface area contributed by atoms with Gasteiger partial charge in [-0.2, -0.15) is 0 Å². The number of methoxy groups -OCH3 is 3. The van der Waals surface area contributed by atoms with Crippen molar-refractivity contribution in [3.8, 4) is 17.2 Å². The Kier molecular flexibility index (Phi) is 6.71. The van der Waals surface area contributed by atoms with Crippen molar-refractivity contribution in [2.24, 2.45) is 0 Å². The molecule has 1 unspecified atom stereocenters. The van der Waals surface area contributed by atoms with Crippen molar-refractivity contribution in [1.29, 1.82) is 0 Å². The van der Waals surface area contributed by atoms with Gasteiger partial charge in [-0.15, -0.1) is 0 Å². The quantitative estimate of drug-likeness (QED) is 0.788. The van der Waals surface area contributed by atoms with Gasteiger partial charge in [0.05, 0.1) is 27.4 Å². The molecule has 1 amide bonds. The molecule has 1 saturated heterocycles. The zero-order chi connectivity index (χ0) is 19.9. The van der Waals surface area contributed by atoms with Crippen LogP contribution in [0.15, 0.2) is 36.7 Å². The summed E-state index contributed by atoms with van der Waals surface area (Å²) in [6, 6.07) is 7.72. The van der Waals surface area contributed by atoms with E-state index in [1.165, 1.54) is 0 Å². The van der Waals surface area contributed by atoms with Gasteiger partial charge in [-0.25, -0.2) is 0 Å². The predicted octanol–water partition coefficient (Wildman–Crippen LogP) is 2.21. The van der Waals surface area contributed by atoms with E-state index in [0.29, 0.717) is 36.6 Å². The molecule has 1 aliphatic rings. The number of aromatic nitrogens is 1. The van der Waals surface area contributed by atoms with E-state index in [1.807, 2.05) is 35.4 Å². The fourth-order valence-electron chi connectivity index (χ4n) is 3.55. The summed E-state index contributed by atoms with van der Waals surface area (Å²) in [5.74, 6) is 1.88. The molecule has 1 atom stereocenters. The Bertz CT molecular complexity index is 772. The number of benzene rings is 1. The Labute approximate surface area is 165 Å². The number of hydrogen-bond acceptors (Lipinski definition) is 6. The molecule has 0 radical (unpaired) electrons. The molecule has 2 aromatic rings. The number of nitrogens with one attached hydrogen (secondary N) is 1. The molecular formula is C21H27N3O4. The zero-order valence-corrected chi connectivity index (χ0v) is 16.6. The molecule has 150 valence electrons. The van der Waals surface area contributed by atoms with E-state index in [2.05, 4.69) is 10.3 Å². The Balaban J connectivity index is 1.72. The number of carbonyl (C=O) groups excluding carboxylic acids is 1.